The number of hydrogen-bond acceptors (Lipinski definition) is 3. The van der Waals surface area contributed by atoms with Gasteiger partial charge in [0.2, 0.25) is 0 Å². The Morgan fingerprint density at radius 3 is 2.11 bits per heavy atom. The largest absolute Gasteiger partial charge is 0.368 e. The average Bonchev–Trinajstić information content (AvgIpc) is 2.30. The van der Waals surface area contributed by atoms with Crippen molar-refractivity contribution in [1.82, 2.24) is 4.90 Å². The zero-order valence-corrected chi connectivity index (χ0v) is 12.7. The van der Waals surface area contributed by atoms with Crippen LogP contribution in [0.1, 0.15) is 47.0 Å². The van der Waals surface area contributed by atoms with Crippen LogP contribution in [0.15, 0.2) is 0 Å². The van der Waals surface area contributed by atoms with Gasteiger partial charge in [-0.05, 0) is 53.5 Å². The minimum Gasteiger partial charge on any atom is -0.368 e. The third kappa shape index (κ3) is 2.73. The second kappa shape index (κ2) is 4.77. The van der Waals surface area contributed by atoms with Gasteiger partial charge in [-0.15, -0.1) is 0 Å². The van der Waals surface area contributed by atoms with Gasteiger partial charge in [-0.2, -0.15) is 0 Å². The second-order valence-electron chi connectivity index (χ2n) is 7.46. The van der Waals surface area contributed by atoms with E-state index in [-0.39, 0.29) is 17.2 Å². The van der Waals surface area contributed by atoms with Gasteiger partial charge in [0, 0.05) is 25.0 Å². The number of hydrogen-bond donors (Lipinski definition) is 1. The Morgan fingerprint density at radius 2 is 1.72 bits per heavy atom. The lowest BCUT2D eigenvalue weighted by atomic mass is 9.81. The summed E-state index contributed by atoms with van der Waals surface area (Å²) >= 11 is 0. The van der Waals surface area contributed by atoms with Crippen molar-refractivity contribution in [2.75, 3.05) is 20.1 Å². The van der Waals surface area contributed by atoms with Crippen LogP contribution in [0.5, 0.6) is 0 Å². The topological polar surface area (TPSA) is 38.5 Å². The van der Waals surface area contributed by atoms with Crippen molar-refractivity contribution in [3.05, 3.63) is 0 Å². The van der Waals surface area contributed by atoms with Crippen LogP contribution >= 0.6 is 0 Å². The molecular formula is C15H30N2O. The molecule has 0 aromatic heterocycles. The minimum atomic E-state index is -0.203. The fraction of sp³-hybridized carbons (Fsp3) is 1.00. The molecule has 2 atom stereocenters. The van der Waals surface area contributed by atoms with Crippen molar-refractivity contribution in [2.45, 2.75) is 64.2 Å². The quantitative estimate of drug-likeness (QED) is 0.836. The van der Waals surface area contributed by atoms with E-state index in [0.29, 0.717) is 5.92 Å². The Bertz CT molecular complexity index is 297. The smallest absolute Gasteiger partial charge is 0.0788 e. The van der Waals surface area contributed by atoms with Gasteiger partial charge in [0.05, 0.1) is 11.2 Å². The summed E-state index contributed by atoms with van der Waals surface area (Å²) < 4.78 is 6.16. The van der Waals surface area contributed by atoms with Crippen LogP contribution in [0.2, 0.25) is 0 Å². The summed E-state index contributed by atoms with van der Waals surface area (Å²) in [6.07, 6.45) is 4.24. The molecule has 0 amide bonds. The highest BCUT2D eigenvalue weighted by atomic mass is 16.5. The molecule has 2 fully saturated rings. The first-order chi connectivity index (χ1) is 8.22. The van der Waals surface area contributed by atoms with E-state index in [4.69, 9.17) is 10.5 Å². The number of nitrogens with two attached hydrogens (primary N) is 1. The van der Waals surface area contributed by atoms with Gasteiger partial charge in [-0.25, -0.2) is 0 Å². The molecule has 1 heterocycles. The van der Waals surface area contributed by atoms with Crippen molar-refractivity contribution in [3.63, 3.8) is 0 Å². The molecule has 2 rings (SSSR count). The highest BCUT2D eigenvalue weighted by molar-refractivity contribution is 5.04. The molecule has 1 saturated carbocycles. The summed E-state index contributed by atoms with van der Waals surface area (Å²) in [5, 5.41) is 0. The van der Waals surface area contributed by atoms with Crippen LogP contribution in [0.4, 0.5) is 0 Å². The molecule has 0 spiro atoms. The Hall–Kier alpha value is -0.120. The summed E-state index contributed by atoms with van der Waals surface area (Å²) in [6, 6.07) is 0.122. The summed E-state index contributed by atoms with van der Waals surface area (Å²) in [5.41, 5.74) is 6.09. The fourth-order valence-corrected chi connectivity index (χ4v) is 3.60. The first kappa shape index (κ1) is 14.3. The van der Waals surface area contributed by atoms with Gasteiger partial charge in [-0.3, -0.25) is 0 Å². The third-order valence-corrected chi connectivity index (χ3v) is 4.96. The van der Waals surface area contributed by atoms with Crippen LogP contribution in [-0.4, -0.2) is 42.3 Å². The maximum absolute atomic E-state index is 6.41. The minimum absolute atomic E-state index is 0.114. The Labute approximate surface area is 112 Å². The number of nitrogens with zero attached hydrogens (tertiary/aromatic N) is 1. The maximum Gasteiger partial charge on any atom is 0.0788 e. The molecule has 18 heavy (non-hydrogen) atoms. The van der Waals surface area contributed by atoms with Crippen molar-refractivity contribution < 1.29 is 4.74 Å². The standard InChI is InChI=1S/C15H30N2O/c1-14(2)12(13(16)15(3,4)18-14)10-17(5)9-11-7-6-8-11/h11-13H,6-10,16H2,1-5H3. The maximum atomic E-state index is 6.41. The summed E-state index contributed by atoms with van der Waals surface area (Å²) in [4.78, 5) is 2.46. The van der Waals surface area contributed by atoms with Gasteiger partial charge in [0.25, 0.3) is 0 Å². The lowest BCUT2D eigenvalue weighted by Crippen LogP contribution is -2.48. The van der Waals surface area contributed by atoms with Gasteiger partial charge < -0.3 is 15.4 Å². The Kier molecular flexibility index (Phi) is 3.79. The van der Waals surface area contributed by atoms with Gasteiger partial charge in [0.1, 0.15) is 0 Å². The molecule has 1 aliphatic heterocycles. The van der Waals surface area contributed by atoms with Crippen molar-refractivity contribution in [3.8, 4) is 0 Å². The third-order valence-electron chi connectivity index (χ3n) is 4.96. The lowest BCUT2D eigenvalue weighted by Gasteiger charge is -2.35. The van der Waals surface area contributed by atoms with Crippen LogP contribution in [0, 0.1) is 11.8 Å². The molecule has 106 valence electrons. The van der Waals surface area contributed by atoms with Crippen LogP contribution in [0.25, 0.3) is 0 Å². The summed E-state index contributed by atoms with van der Waals surface area (Å²) in [7, 11) is 2.23. The highest BCUT2D eigenvalue weighted by Crippen LogP contribution is 2.41. The fourth-order valence-electron chi connectivity index (χ4n) is 3.60. The normalized spacial score (nSPS) is 34.8. The zero-order chi connectivity index (χ0) is 13.6. The van der Waals surface area contributed by atoms with Crippen LogP contribution in [-0.2, 0) is 4.74 Å². The second-order valence-corrected chi connectivity index (χ2v) is 7.46. The molecule has 0 aromatic carbocycles. The molecule has 1 aliphatic carbocycles. The van der Waals surface area contributed by atoms with E-state index in [1.165, 1.54) is 25.8 Å². The zero-order valence-electron chi connectivity index (χ0n) is 12.7. The number of ether oxygens (including phenoxy) is 1. The van der Waals surface area contributed by atoms with Crippen molar-refractivity contribution in [2.24, 2.45) is 17.6 Å². The predicted octanol–water partition coefficient (Wildman–Crippen LogP) is 2.25. The van der Waals surface area contributed by atoms with E-state index in [9.17, 15) is 0 Å². The van der Waals surface area contributed by atoms with E-state index >= 15 is 0 Å². The van der Waals surface area contributed by atoms with E-state index < -0.39 is 0 Å². The molecule has 2 unspecified atom stereocenters. The monoisotopic (exact) mass is 254 g/mol. The van der Waals surface area contributed by atoms with Gasteiger partial charge in [-0.1, -0.05) is 6.42 Å². The summed E-state index contributed by atoms with van der Waals surface area (Å²) in [5.74, 6) is 1.34. The van der Waals surface area contributed by atoms with E-state index in [0.717, 1.165) is 12.5 Å². The SMILES string of the molecule is CN(CC1CCC1)CC1C(N)C(C)(C)OC1(C)C. The Morgan fingerprint density at radius 1 is 1.11 bits per heavy atom. The van der Waals surface area contributed by atoms with Gasteiger partial charge >= 0.3 is 0 Å². The first-order valence-corrected chi connectivity index (χ1v) is 7.36. The van der Waals surface area contributed by atoms with Crippen molar-refractivity contribution >= 4 is 0 Å². The molecule has 2 N–H and O–H groups in total. The molecular weight excluding hydrogens is 224 g/mol. The van der Waals surface area contributed by atoms with Crippen molar-refractivity contribution in [1.29, 1.82) is 0 Å². The van der Waals surface area contributed by atoms with Crippen LogP contribution in [0.3, 0.4) is 0 Å². The van der Waals surface area contributed by atoms with E-state index in [2.05, 4.69) is 39.6 Å². The Balaban J connectivity index is 1.94. The first-order valence-electron chi connectivity index (χ1n) is 7.36. The molecule has 3 heteroatoms. The molecule has 0 aromatic rings. The molecule has 1 saturated heterocycles. The number of rotatable bonds is 4. The molecule has 3 nitrogen and oxygen atoms in total. The molecule has 0 bridgehead atoms. The average molecular weight is 254 g/mol. The molecule has 0 radical (unpaired) electrons. The predicted molar refractivity (Wildman–Crippen MR) is 75.5 cm³/mol. The molecule has 2 aliphatic rings. The lowest BCUT2D eigenvalue weighted by molar-refractivity contribution is -0.0783. The van der Waals surface area contributed by atoms with Crippen LogP contribution < -0.4 is 5.73 Å². The van der Waals surface area contributed by atoms with E-state index in [1.54, 1.807) is 0 Å². The summed E-state index contributed by atoms with van der Waals surface area (Å²) in [6.45, 7) is 10.9. The van der Waals surface area contributed by atoms with E-state index in [1.807, 2.05) is 0 Å². The highest BCUT2D eigenvalue weighted by Gasteiger charge is 2.52. The van der Waals surface area contributed by atoms with Gasteiger partial charge in [0.15, 0.2) is 0 Å².